The van der Waals surface area contributed by atoms with Crippen molar-refractivity contribution in [1.82, 2.24) is 19.9 Å². The maximum Gasteiger partial charge on any atom is 0.308 e. The molecule has 1 fully saturated rings. The van der Waals surface area contributed by atoms with Crippen molar-refractivity contribution < 1.29 is 14.3 Å². The van der Waals surface area contributed by atoms with E-state index in [2.05, 4.69) is 33.9 Å². The van der Waals surface area contributed by atoms with Gasteiger partial charge in [-0.2, -0.15) is 0 Å². The van der Waals surface area contributed by atoms with E-state index in [0.717, 1.165) is 5.65 Å². The third-order valence-corrected chi connectivity index (χ3v) is 4.24. The topological polar surface area (TPSA) is 86.1 Å². The molecule has 2 heterocycles. The highest BCUT2D eigenvalue weighted by molar-refractivity contribution is 5.96. The Balaban J connectivity index is 1.67. The van der Waals surface area contributed by atoms with Crippen LogP contribution in [0.4, 0.5) is 0 Å². The lowest BCUT2D eigenvalue weighted by atomic mass is 9.80. The van der Waals surface area contributed by atoms with E-state index in [1.165, 1.54) is 7.11 Å². The molecule has 0 aliphatic heterocycles. The SMILES string of the molecule is COC(=O)C1CC(NC(=O)c2cnc3c(c2)ncn3C(C)C)C1. The van der Waals surface area contributed by atoms with Crippen LogP contribution in [0.15, 0.2) is 18.6 Å². The molecule has 1 saturated carbocycles. The molecule has 0 bridgehead atoms. The van der Waals surface area contributed by atoms with E-state index in [4.69, 9.17) is 0 Å². The summed E-state index contributed by atoms with van der Waals surface area (Å²) in [7, 11) is 1.38. The lowest BCUT2D eigenvalue weighted by Gasteiger charge is -2.33. The Kier molecular flexibility index (Phi) is 4.02. The van der Waals surface area contributed by atoms with Crippen molar-refractivity contribution in [1.29, 1.82) is 0 Å². The van der Waals surface area contributed by atoms with Crippen molar-refractivity contribution in [3.63, 3.8) is 0 Å². The van der Waals surface area contributed by atoms with Crippen LogP contribution in [0.25, 0.3) is 11.2 Å². The Labute approximate surface area is 134 Å². The second-order valence-corrected chi connectivity index (χ2v) is 6.17. The van der Waals surface area contributed by atoms with Gasteiger partial charge in [-0.1, -0.05) is 0 Å². The second kappa shape index (κ2) is 5.98. The first-order valence-electron chi connectivity index (χ1n) is 7.71. The smallest absolute Gasteiger partial charge is 0.308 e. The molecule has 1 amide bonds. The summed E-state index contributed by atoms with van der Waals surface area (Å²) in [5.74, 6) is -0.503. The lowest BCUT2D eigenvalue weighted by Crippen LogP contribution is -2.47. The molecule has 23 heavy (non-hydrogen) atoms. The van der Waals surface area contributed by atoms with Gasteiger partial charge in [0.05, 0.1) is 24.9 Å². The molecule has 2 aromatic heterocycles. The van der Waals surface area contributed by atoms with Crippen LogP contribution in [-0.2, 0) is 9.53 Å². The number of esters is 1. The van der Waals surface area contributed by atoms with Gasteiger partial charge in [0.15, 0.2) is 5.65 Å². The van der Waals surface area contributed by atoms with Crippen molar-refractivity contribution in [2.75, 3.05) is 7.11 Å². The number of aromatic nitrogens is 3. The summed E-state index contributed by atoms with van der Waals surface area (Å²) in [5.41, 5.74) is 1.95. The number of carbonyl (C=O) groups excluding carboxylic acids is 2. The fourth-order valence-corrected chi connectivity index (χ4v) is 2.78. The second-order valence-electron chi connectivity index (χ2n) is 6.17. The van der Waals surface area contributed by atoms with Gasteiger partial charge < -0.3 is 14.6 Å². The van der Waals surface area contributed by atoms with Crippen molar-refractivity contribution in [3.05, 3.63) is 24.2 Å². The Morgan fingerprint density at radius 1 is 1.35 bits per heavy atom. The number of nitrogens with one attached hydrogen (secondary N) is 1. The van der Waals surface area contributed by atoms with Gasteiger partial charge in [0, 0.05) is 18.3 Å². The minimum absolute atomic E-state index is 0.00974. The number of hydrogen-bond acceptors (Lipinski definition) is 5. The van der Waals surface area contributed by atoms with Crippen molar-refractivity contribution >= 4 is 23.0 Å². The van der Waals surface area contributed by atoms with Crippen LogP contribution in [0.3, 0.4) is 0 Å². The number of fused-ring (bicyclic) bond motifs is 1. The van der Waals surface area contributed by atoms with Gasteiger partial charge in [0.1, 0.15) is 5.52 Å². The molecule has 0 spiro atoms. The zero-order chi connectivity index (χ0) is 16.6. The summed E-state index contributed by atoms with van der Waals surface area (Å²) in [5, 5.41) is 2.91. The molecule has 0 unspecified atom stereocenters. The molecule has 1 aliphatic rings. The minimum Gasteiger partial charge on any atom is -0.469 e. The Morgan fingerprint density at radius 2 is 2.09 bits per heavy atom. The first-order chi connectivity index (χ1) is 11.0. The predicted octanol–water partition coefficient (Wildman–Crippen LogP) is 1.69. The van der Waals surface area contributed by atoms with Gasteiger partial charge in [0.2, 0.25) is 0 Å². The maximum atomic E-state index is 12.3. The highest BCUT2D eigenvalue weighted by Gasteiger charge is 2.36. The van der Waals surface area contributed by atoms with Gasteiger partial charge in [-0.3, -0.25) is 9.59 Å². The molecule has 1 aliphatic carbocycles. The van der Waals surface area contributed by atoms with Gasteiger partial charge in [0.25, 0.3) is 5.91 Å². The zero-order valence-corrected chi connectivity index (χ0v) is 13.4. The molecule has 7 nitrogen and oxygen atoms in total. The molecule has 0 saturated heterocycles. The number of imidazole rings is 1. The zero-order valence-electron chi connectivity index (χ0n) is 13.4. The molecular formula is C16H20N4O3. The number of pyridine rings is 1. The average molecular weight is 316 g/mol. The quantitative estimate of drug-likeness (QED) is 0.868. The molecule has 0 radical (unpaired) electrons. The number of rotatable bonds is 4. The summed E-state index contributed by atoms with van der Waals surface area (Å²) >= 11 is 0. The molecule has 0 aromatic carbocycles. The van der Waals surface area contributed by atoms with E-state index >= 15 is 0 Å². The van der Waals surface area contributed by atoms with Crippen LogP contribution in [-0.4, -0.2) is 39.6 Å². The van der Waals surface area contributed by atoms with E-state index in [1.807, 2.05) is 4.57 Å². The summed E-state index contributed by atoms with van der Waals surface area (Å²) in [6.45, 7) is 4.11. The first kappa shape index (κ1) is 15.5. The largest absolute Gasteiger partial charge is 0.469 e. The van der Waals surface area contributed by atoms with Crippen LogP contribution in [0.1, 0.15) is 43.1 Å². The molecule has 3 rings (SSSR count). The number of amides is 1. The number of nitrogens with zero attached hydrogens (tertiary/aromatic N) is 3. The van der Waals surface area contributed by atoms with Crippen LogP contribution < -0.4 is 5.32 Å². The summed E-state index contributed by atoms with van der Waals surface area (Å²) in [6.07, 6.45) is 4.54. The molecule has 7 heteroatoms. The van der Waals surface area contributed by atoms with Gasteiger partial charge >= 0.3 is 5.97 Å². The molecule has 0 atom stereocenters. The van der Waals surface area contributed by atoms with Gasteiger partial charge in [-0.05, 0) is 32.8 Å². The Bertz CT molecular complexity index is 747. The predicted molar refractivity (Wildman–Crippen MR) is 83.9 cm³/mol. The van der Waals surface area contributed by atoms with Crippen LogP contribution in [0.2, 0.25) is 0 Å². The highest BCUT2D eigenvalue weighted by Crippen LogP contribution is 2.28. The minimum atomic E-state index is -0.210. The Morgan fingerprint density at radius 3 is 2.74 bits per heavy atom. The fraction of sp³-hybridized carbons (Fsp3) is 0.500. The number of ether oxygens (including phenoxy) is 1. The average Bonchev–Trinajstić information content (AvgIpc) is 2.92. The van der Waals surface area contributed by atoms with Crippen LogP contribution in [0.5, 0.6) is 0 Å². The van der Waals surface area contributed by atoms with Gasteiger partial charge in [-0.25, -0.2) is 9.97 Å². The highest BCUT2D eigenvalue weighted by atomic mass is 16.5. The van der Waals surface area contributed by atoms with E-state index < -0.39 is 0 Å². The third-order valence-electron chi connectivity index (χ3n) is 4.24. The van der Waals surface area contributed by atoms with E-state index in [1.54, 1.807) is 18.6 Å². The third kappa shape index (κ3) is 2.91. The molecule has 122 valence electrons. The van der Waals surface area contributed by atoms with Crippen molar-refractivity contribution in [2.45, 2.75) is 38.8 Å². The maximum absolute atomic E-state index is 12.3. The van der Waals surface area contributed by atoms with E-state index in [0.29, 0.717) is 23.9 Å². The van der Waals surface area contributed by atoms with Crippen LogP contribution >= 0.6 is 0 Å². The molecule has 2 aromatic rings. The van der Waals surface area contributed by atoms with E-state index in [9.17, 15) is 9.59 Å². The standard InChI is InChI=1S/C16H20N4O3/c1-9(2)20-8-18-13-6-11(7-17-14(13)20)15(21)19-12-4-10(5-12)16(22)23-3/h6-10,12H,4-5H2,1-3H3,(H,19,21). The van der Waals surface area contributed by atoms with Crippen LogP contribution in [0, 0.1) is 5.92 Å². The Hall–Kier alpha value is -2.44. The fourth-order valence-electron chi connectivity index (χ4n) is 2.78. The van der Waals surface area contributed by atoms with Crippen molar-refractivity contribution in [2.24, 2.45) is 5.92 Å². The van der Waals surface area contributed by atoms with Crippen molar-refractivity contribution in [3.8, 4) is 0 Å². The monoisotopic (exact) mass is 316 g/mol. The lowest BCUT2D eigenvalue weighted by molar-refractivity contribution is -0.149. The van der Waals surface area contributed by atoms with E-state index in [-0.39, 0.29) is 29.9 Å². The molecular weight excluding hydrogens is 296 g/mol. The number of methoxy groups -OCH3 is 1. The summed E-state index contributed by atoms with van der Waals surface area (Å²) in [6, 6.07) is 2.01. The normalized spacial score (nSPS) is 20.3. The first-order valence-corrected chi connectivity index (χ1v) is 7.71. The number of carbonyl (C=O) groups is 2. The summed E-state index contributed by atoms with van der Waals surface area (Å²) < 4.78 is 6.65. The summed E-state index contributed by atoms with van der Waals surface area (Å²) in [4.78, 5) is 32.3. The molecule has 1 N–H and O–H groups in total. The number of hydrogen-bond donors (Lipinski definition) is 1. The van der Waals surface area contributed by atoms with Gasteiger partial charge in [-0.15, -0.1) is 0 Å².